The van der Waals surface area contributed by atoms with Crippen molar-refractivity contribution >= 4 is 5.91 Å². The van der Waals surface area contributed by atoms with Crippen LogP contribution >= 0.6 is 0 Å². The molecule has 0 spiro atoms. The summed E-state index contributed by atoms with van der Waals surface area (Å²) in [5.74, 6) is -0.0623. The van der Waals surface area contributed by atoms with Crippen LogP contribution in [0.2, 0.25) is 0 Å². The summed E-state index contributed by atoms with van der Waals surface area (Å²) in [5.41, 5.74) is 0.424. The van der Waals surface area contributed by atoms with Crippen molar-refractivity contribution < 1.29 is 22.7 Å². The van der Waals surface area contributed by atoms with Crippen LogP contribution in [-0.2, 0) is 18.1 Å². The number of nitrogens with zero attached hydrogens (tertiary/aromatic N) is 4. The van der Waals surface area contributed by atoms with Gasteiger partial charge in [0, 0.05) is 30.7 Å². The van der Waals surface area contributed by atoms with E-state index in [1.54, 1.807) is 40.2 Å². The van der Waals surface area contributed by atoms with Crippen molar-refractivity contribution in [2.45, 2.75) is 69.8 Å². The predicted octanol–water partition coefficient (Wildman–Crippen LogP) is 4.48. The van der Waals surface area contributed by atoms with Crippen LogP contribution in [0.5, 0.6) is 5.75 Å². The van der Waals surface area contributed by atoms with Gasteiger partial charge in [0.2, 0.25) is 0 Å². The maximum Gasteiger partial charge on any atom is 0.416 e. The lowest BCUT2D eigenvalue weighted by Gasteiger charge is -2.38. The maximum atomic E-state index is 13.7. The summed E-state index contributed by atoms with van der Waals surface area (Å²) in [6.45, 7) is 4.28. The fraction of sp³-hybridized carbons (Fsp3) is 0.444. The van der Waals surface area contributed by atoms with Gasteiger partial charge in [-0.1, -0.05) is 0 Å². The third-order valence-corrected chi connectivity index (χ3v) is 7.60. The molecule has 1 amide bonds. The number of hydrogen-bond donors (Lipinski definition) is 0. The second-order valence-electron chi connectivity index (χ2n) is 10.6. The largest absolute Gasteiger partial charge is 0.490 e. The number of fused-ring (bicyclic) bond motifs is 1. The van der Waals surface area contributed by atoms with E-state index >= 15 is 0 Å². The zero-order chi connectivity index (χ0) is 26.1. The first-order valence-corrected chi connectivity index (χ1v) is 12.5. The number of hydrogen-bond acceptors (Lipinski definition) is 4. The number of halogens is 3. The van der Waals surface area contributed by atoms with Crippen molar-refractivity contribution in [3.8, 4) is 11.4 Å². The first-order chi connectivity index (χ1) is 17.5. The van der Waals surface area contributed by atoms with Gasteiger partial charge in [-0.2, -0.15) is 13.2 Å². The van der Waals surface area contributed by atoms with Crippen molar-refractivity contribution in [1.29, 1.82) is 0 Å². The second-order valence-corrected chi connectivity index (χ2v) is 10.6. The number of pyridine rings is 1. The number of aromatic nitrogens is 3. The minimum absolute atomic E-state index is 0.0267. The van der Waals surface area contributed by atoms with Crippen LogP contribution in [0.3, 0.4) is 0 Å². The minimum Gasteiger partial charge on any atom is -0.490 e. The van der Waals surface area contributed by atoms with Gasteiger partial charge in [-0.25, -0.2) is 4.98 Å². The van der Waals surface area contributed by atoms with E-state index in [9.17, 15) is 22.8 Å². The number of imidazole rings is 1. The van der Waals surface area contributed by atoms with Gasteiger partial charge < -0.3 is 18.8 Å². The van der Waals surface area contributed by atoms with Crippen LogP contribution in [0.15, 0.2) is 47.7 Å². The first kappa shape index (κ1) is 23.8. The Bertz CT molecular complexity index is 1450. The molecule has 194 valence electrons. The van der Waals surface area contributed by atoms with Crippen molar-refractivity contribution in [2.75, 3.05) is 6.54 Å². The molecule has 2 aliphatic carbocycles. The van der Waals surface area contributed by atoms with E-state index in [2.05, 4.69) is 4.98 Å². The molecule has 2 aromatic heterocycles. The van der Waals surface area contributed by atoms with E-state index in [-0.39, 0.29) is 41.6 Å². The molecule has 1 aromatic carbocycles. The van der Waals surface area contributed by atoms with Crippen LogP contribution in [0.1, 0.15) is 59.9 Å². The number of carbonyl (C=O) groups is 1. The van der Waals surface area contributed by atoms with E-state index in [0.717, 1.165) is 24.6 Å². The Morgan fingerprint density at radius 3 is 2.51 bits per heavy atom. The smallest absolute Gasteiger partial charge is 0.416 e. The molecule has 0 saturated heterocycles. The minimum atomic E-state index is -4.49. The average molecular weight is 513 g/mol. The van der Waals surface area contributed by atoms with Gasteiger partial charge in [0.05, 0.1) is 23.7 Å². The number of carbonyl (C=O) groups excluding carboxylic acids is 1. The Hall–Kier alpha value is -3.56. The number of rotatable bonds is 6. The molecule has 3 heterocycles. The molecule has 7 nitrogen and oxygen atoms in total. The van der Waals surface area contributed by atoms with E-state index in [1.165, 1.54) is 10.6 Å². The van der Waals surface area contributed by atoms with E-state index in [0.29, 0.717) is 30.6 Å². The summed E-state index contributed by atoms with van der Waals surface area (Å²) in [4.78, 5) is 32.7. The van der Waals surface area contributed by atoms with E-state index in [1.807, 2.05) is 13.8 Å². The van der Waals surface area contributed by atoms with Gasteiger partial charge in [-0.15, -0.1) is 0 Å². The number of alkyl halides is 3. The quantitative estimate of drug-likeness (QED) is 0.489. The molecule has 37 heavy (non-hydrogen) atoms. The van der Waals surface area contributed by atoms with Gasteiger partial charge >= 0.3 is 6.18 Å². The molecule has 10 heteroatoms. The summed E-state index contributed by atoms with van der Waals surface area (Å²) < 4.78 is 49.9. The lowest BCUT2D eigenvalue weighted by molar-refractivity contribution is -0.137. The Morgan fingerprint density at radius 2 is 1.89 bits per heavy atom. The Labute approximate surface area is 211 Å². The summed E-state index contributed by atoms with van der Waals surface area (Å²) in [5, 5.41) is 0. The first-order valence-electron chi connectivity index (χ1n) is 12.5. The molecule has 1 aliphatic heterocycles. The molecule has 0 unspecified atom stereocenters. The molecule has 0 bridgehead atoms. The van der Waals surface area contributed by atoms with Gasteiger partial charge in [0.25, 0.3) is 11.5 Å². The summed E-state index contributed by atoms with van der Waals surface area (Å²) in [6.07, 6.45) is 1.84. The highest BCUT2D eigenvalue weighted by Gasteiger charge is 2.49. The van der Waals surface area contributed by atoms with Crippen LogP contribution in [0, 0.1) is 6.92 Å². The lowest BCUT2D eigenvalue weighted by Crippen LogP contribution is -2.52. The van der Waals surface area contributed by atoms with Crippen molar-refractivity contribution in [3.63, 3.8) is 0 Å². The molecule has 3 aromatic rings. The topological polar surface area (TPSA) is 69.4 Å². The zero-order valence-corrected chi connectivity index (χ0v) is 20.6. The van der Waals surface area contributed by atoms with Crippen LogP contribution in [0.4, 0.5) is 13.2 Å². The third kappa shape index (κ3) is 4.32. The normalized spacial score (nSPS) is 20.6. The SMILES string of the molecule is Cc1cn(-c2ccc3n(c2=O)C[C@@H](C)N(CC2(c4cc(OC5CC5)cc(C(F)(F)F)c4)CC2)C3=O)cn1. The standard InChI is InChI=1S/C27H27F3N4O3/c1-16-12-32(15-31-16)22-5-6-23-25(36)34(17(2)13-33(23)24(22)35)14-26(7-8-26)18-9-19(27(28,29)30)11-21(10-18)37-20-3-4-20/h5-6,9-12,15,17,20H,3-4,7-8,13-14H2,1-2H3/t17-/m1/s1. The number of aryl methyl sites for hydroxylation is 1. The Kier molecular flexibility index (Phi) is 5.29. The summed E-state index contributed by atoms with van der Waals surface area (Å²) in [6, 6.07) is 6.92. The summed E-state index contributed by atoms with van der Waals surface area (Å²) in [7, 11) is 0. The molecule has 0 N–H and O–H groups in total. The molecule has 0 radical (unpaired) electrons. The molecule has 2 saturated carbocycles. The molecular formula is C27H27F3N4O3. The van der Waals surface area contributed by atoms with E-state index in [4.69, 9.17) is 4.74 Å². The fourth-order valence-corrected chi connectivity index (χ4v) is 5.15. The predicted molar refractivity (Wildman–Crippen MR) is 129 cm³/mol. The number of benzene rings is 1. The van der Waals surface area contributed by atoms with Gasteiger partial charge in [0.15, 0.2) is 0 Å². The van der Waals surface area contributed by atoms with Gasteiger partial charge in [-0.05, 0) is 75.4 Å². The highest BCUT2D eigenvalue weighted by atomic mass is 19.4. The molecule has 2 fully saturated rings. The monoisotopic (exact) mass is 512 g/mol. The zero-order valence-electron chi connectivity index (χ0n) is 20.6. The molecule has 6 rings (SSSR count). The van der Waals surface area contributed by atoms with E-state index < -0.39 is 17.2 Å². The van der Waals surface area contributed by atoms with Crippen molar-refractivity contribution in [2.24, 2.45) is 0 Å². The number of amides is 1. The van der Waals surface area contributed by atoms with Crippen LogP contribution in [-0.4, -0.2) is 43.6 Å². The number of ether oxygens (including phenoxy) is 1. The van der Waals surface area contributed by atoms with Crippen molar-refractivity contribution in [3.05, 3.63) is 75.7 Å². The highest BCUT2D eigenvalue weighted by molar-refractivity contribution is 5.93. The highest BCUT2D eigenvalue weighted by Crippen LogP contribution is 2.51. The second kappa shape index (κ2) is 8.22. The average Bonchev–Trinajstić information content (AvgIpc) is 3.77. The van der Waals surface area contributed by atoms with Crippen LogP contribution < -0.4 is 10.3 Å². The lowest BCUT2D eigenvalue weighted by atomic mass is 9.92. The molecular weight excluding hydrogens is 485 g/mol. The van der Waals surface area contributed by atoms with Crippen molar-refractivity contribution in [1.82, 2.24) is 19.0 Å². The Balaban J connectivity index is 1.31. The fourth-order valence-electron chi connectivity index (χ4n) is 5.15. The van der Waals surface area contributed by atoms with Gasteiger partial charge in [-0.3, -0.25) is 9.59 Å². The third-order valence-electron chi connectivity index (χ3n) is 7.60. The molecule has 3 aliphatic rings. The molecule has 1 atom stereocenters. The van der Waals surface area contributed by atoms with Gasteiger partial charge in [0.1, 0.15) is 17.1 Å². The maximum absolute atomic E-state index is 13.7. The Morgan fingerprint density at radius 1 is 1.14 bits per heavy atom. The van der Waals surface area contributed by atoms with Crippen LogP contribution in [0.25, 0.3) is 5.69 Å². The summed E-state index contributed by atoms with van der Waals surface area (Å²) >= 11 is 0.